The van der Waals surface area contributed by atoms with Crippen molar-refractivity contribution < 1.29 is 19.1 Å². The van der Waals surface area contributed by atoms with E-state index in [1.165, 1.54) is 7.11 Å². The molecular weight excluding hydrogens is 418 g/mol. The Kier molecular flexibility index (Phi) is 5.24. The molecule has 0 amide bonds. The van der Waals surface area contributed by atoms with Crippen LogP contribution >= 0.6 is 0 Å². The number of ether oxygens (including phenoxy) is 2. The number of dihydropyridines is 1. The van der Waals surface area contributed by atoms with E-state index in [1.807, 2.05) is 43.5 Å². The van der Waals surface area contributed by atoms with Crippen LogP contribution in [0.3, 0.4) is 0 Å². The molecule has 2 N–H and O–H groups in total. The molecule has 0 saturated heterocycles. The Balaban J connectivity index is 1.66. The van der Waals surface area contributed by atoms with E-state index >= 15 is 0 Å². The van der Waals surface area contributed by atoms with Gasteiger partial charge in [-0.3, -0.25) is 9.78 Å². The van der Waals surface area contributed by atoms with Crippen molar-refractivity contribution in [2.24, 2.45) is 0 Å². The number of hydrogen-bond donors (Lipinski definition) is 2. The normalized spacial score (nSPS) is 20.5. The average Bonchev–Trinajstić information content (AvgIpc) is 3.31. The van der Waals surface area contributed by atoms with Gasteiger partial charge in [0.25, 0.3) is 0 Å². The second-order valence-electron chi connectivity index (χ2n) is 8.41. The lowest BCUT2D eigenvalue weighted by molar-refractivity contribution is -0.136. The molecule has 3 heterocycles. The second-order valence-corrected chi connectivity index (χ2v) is 8.41. The molecule has 7 nitrogen and oxygen atoms in total. The molecule has 2 unspecified atom stereocenters. The minimum Gasteiger partial charge on any atom is -0.495 e. The number of carbonyl (C=O) groups excluding carboxylic acids is 2. The van der Waals surface area contributed by atoms with Gasteiger partial charge in [-0.2, -0.15) is 0 Å². The van der Waals surface area contributed by atoms with Gasteiger partial charge in [-0.1, -0.05) is 12.1 Å². The third-order valence-corrected chi connectivity index (χ3v) is 6.65. The third kappa shape index (κ3) is 3.40. The summed E-state index contributed by atoms with van der Waals surface area (Å²) in [5, 5.41) is 4.35. The highest BCUT2D eigenvalue weighted by atomic mass is 16.5. The van der Waals surface area contributed by atoms with E-state index in [9.17, 15) is 9.59 Å². The molecule has 3 aromatic rings. The summed E-state index contributed by atoms with van der Waals surface area (Å²) < 4.78 is 10.6. The van der Waals surface area contributed by atoms with Crippen molar-refractivity contribution in [3.63, 3.8) is 0 Å². The van der Waals surface area contributed by atoms with E-state index < -0.39 is 11.9 Å². The Bertz CT molecular complexity index is 1330. The first-order valence-corrected chi connectivity index (χ1v) is 10.9. The fourth-order valence-electron chi connectivity index (χ4n) is 5.21. The lowest BCUT2D eigenvalue weighted by Gasteiger charge is -2.37. The van der Waals surface area contributed by atoms with Crippen molar-refractivity contribution in [1.82, 2.24) is 15.3 Å². The van der Waals surface area contributed by atoms with Gasteiger partial charge < -0.3 is 19.8 Å². The Labute approximate surface area is 191 Å². The number of nitrogens with one attached hydrogen (secondary N) is 2. The van der Waals surface area contributed by atoms with Crippen molar-refractivity contribution >= 4 is 22.7 Å². The van der Waals surface area contributed by atoms with Gasteiger partial charge >= 0.3 is 5.97 Å². The number of fused-ring (bicyclic) bond motifs is 1. The molecule has 168 valence electrons. The van der Waals surface area contributed by atoms with Gasteiger partial charge in [-0.15, -0.1) is 0 Å². The molecule has 1 aliphatic carbocycles. The zero-order chi connectivity index (χ0) is 23.1. The van der Waals surface area contributed by atoms with Crippen LogP contribution in [0.5, 0.6) is 5.75 Å². The molecule has 0 spiro atoms. The molecule has 2 aromatic heterocycles. The fraction of sp³-hybridized carbons (Fsp3) is 0.269. The molecule has 33 heavy (non-hydrogen) atoms. The van der Waals surface area contributed by atoms with Crippen molar-refractivity contribution in [3.8, 4) is 5.75 Å². The number of pyridine rings is 1. The minimum atomic E-state index is -0.499. The Morgan fingerprint density at radius 3 is 2.76 bits per heavy atom. The van der Waals surface area contributed by atoms with Gasteiger partial charge in [-0.25, -0.2) is 4.79 Å². The molecule has 5 rings (SSSR count). The summed E-state index contributed by atoms with van der Waals surface area (Å²) in [7, 11) is 2.98. The zero-order valence-electron chi connectivity index (χ0n) is 18.8. The second kappa shape index (κ2) is 8.24. The predicted molar refractivity (Wildman–Crippen MR) is 124 cm³/mol. The van der Waals surface area contributed by atoms with Gasteiger partial charge in [0.05, 0.1) is 26.0 Å². The third-order valence-electron chi connectivity index (χ3n) is 6.65. The highest BCUT2D eigenvalue weighted by Gasteiger charge is 2.42. The number of H-pyrrole nitrogens is 1. The molecule has 2 aliphatic rings. The number of benzene rings is 1. The average molecular weight is 444 g/mol. The number of nitrogens with zero attached hydrogens (tertiary/aromatic N) is 1. The molecule has 0 saturated carbocycles. The van der Waals surface area contributed by atoms with Gasteiger partial charge in [0, 0.05) is 64.1 Å². The maximum atomic E-state index is 13.7. The number of Topliss-reactive ketones (excluding diaryl/α,β-unsaturated/α-hetero) is 1. The summed E-state index contributed by atoms with van der Waals surface area (Å²) in [6.45, 7) is 1.86. The lowest BCUT2D eigenvalue weighted by Crippen LogP contribution is -2.36. The van der Waals surface area contributed by atoms with Crippen LogP contribution in [0.1, 0.15) is 42.7 Å². The van der Waals surface area contributed by atoms with Crippen molar-refractivity contribution in [3.05, 3.63) is 82.6 Å². The number of hydrogen-bond acceptors (Lipinski definition) is 6. The number of ketones is 1. The van der Waals surface area contributed by atoms with E-state index in [0.717, 1.165) is 27.7 Å². The Morgan fingerprint density at radius 1 is 1.12 bits per heavy atom. The number of carbonyl (C=O) groups is 2. The van der Waals surface area contributed by atoms with Crippen LogP contribution in [-0.2, 0) is 14.3 Å². The minimum absolute atomic E-state index is 0.0130. The van der Waals surface area contributed by atoms with Crippen LogP contribution < -0.4 is 10.1 Å². The Morgan fingerprint density at radius 2 is 1.97 bits per heavy atom. The lowest BCUT2D eigenvalue weighted by atomic mass is 9.71. The SMILES string of the molecule is COC(=O)C1=C(C)NC2=C(C(=O)CC(c3ccncc3OC)C2)C1c1cccc2[nH]ccc12. The van der Waals surface area contributed by atoms with Gasteiger partial charge in [0.15, 0.2) is 5.78 Å². The molecular formula is C26H25N3O4. The van der Waals surface area contributed by atoms with Gasteiger partial charge in [0.1, 0.15) is 5.75 Å². The number of allylic oxidation sites excluding steroid dienone is 3. The molecule has 2 atom stereocenters. The first-order chi connectivity index (χ1) is 16.0. The summed E-state index contributed by atoms with van der Waals surface area (Å²) in [6.07, 6.45) is 6.22. The van der Waals surface area contributed by atoms with E-state index in [-0.39, 0.29) is 11.7 Å². The van der Waals surface area contributed by atoms with E-state index in [2.05, 4.69) is 15.3 Å². The number of rotatable bonds is 4. The van der Waals surface area contributed by atoms with Crippen molar-refractivity contribution in [2.75, 3.05) is 14.2 Å². The van der Waals surface area contributed by atoms with E-state index in [1.54, 1.807) is 19.5 Å². The quantitative estimate of drug-likeness (QED) is 0.590. The number of methoxy groups -OCH3 is 2. The topological polar surface area (TPSA) is 93.3 Å². The van der Waals surface area contributed by atoms with E-state index in [0.29, 0.717) is 35.4 Å². The molecule has 7 heteroatoms. The molecule has 0 radical (unpaired) electrons. The van der Waals surface area contributed by atoms with Crippen LogP contribution in [0.2, 0.25) is 0 Å². The molecule has 1 aromatic carbocycles. The summed E-state index contributed by atoms with van der Waals surface area (Å²) in [5.41, 5.74) is 5.48. The predicted octanol–water partition coefficient (Wildman–Crippen LogP) is 4.11. The number of esters is 1. The maximum Gasteiger partial charge on any atom is 0.336 e. The van der Waals surface area contributed by atoms with Crippen LogP contribution in [0.4, 0.5) is 0 Å². The van der Waals surface area contributed by atoms with Crippen molar-refractivity contribution in [2.45, 2.75) is 31.6 Å². The standard InChI is InChI=1S/C26H25N3O4/c1-14-23(26(31)33-3)24(18-5-4-6-19-17(18)8-10-28-19)25-20(29-14)11-15(12-21(25)30)16-7-9-27-13-22(16)32-2/h4-10,13,15,24,28-29H,11-12H2,1-3H3. The Hall–Kier alpha value is -3.87. The van der Waals surface area contributed by atoms with E-state index in [4.69, 9.17) is 9.47 Å². The van der Waals surface area contributed by atoms with Crippen LogP contribution in [-0.4, -0.2) is 35.9 Å². The molecule has 0 bridgehead atoms. The van der Waals surface area contributed by atoms with Crippen molar-refractivity contribution in [1.29, 1.82) is 0 Å². The van der Waals surface area contributed by atoms with Crippen LogP contribution in [0.25, 0.3) is 10.9 Å². The largest absolute Gasteiger partial charge is 0.495 e. The highest BCUT2D eigenvalue weighted by molar-refractivity contribution is 6.05. The summed E-state index contributed by atoms with van der Waals surface area (Å²) in [4.78, 5) is 34.0. The monoisotopic (exact) mass is 443 g/mol. The molecule has 1 aliphatic heterocycles. The van der Waals surface area contributed by atoms with Gasteiger partial charge in [0.2, 0.25) is 0 Å². The van der Waals surface area contributed by atoms with Crippen LogP contribution in [0.15, 0.2) is 71.5 Å². The summed E-state index contributed by atoms with van der Waals surface area (Å²) in [5.74, 6) is -0.293. The first-order valence-electron chi connectivity index (χ1n) is 10.9. The summed E-state index contributed by atoms with van der Waals surface area (Å²) in [6, 6.07) is 9.80. The maximum absolute atomic E-state index is 13.7. The fourth-order valence-corrected chi connectivity index (χ4v) is 5.21. The van der Waals surface area contributed by atoms with Gasteiger partial charge in [-0.05, 0) is 37.1 Å². The molecule has 0 fully saturated rings. The summed E-state index contributed by atoms with van der Waals surface area (Å²) >= 11 is 0. The van der Waals surface area contributed by atoms with Crippen LogP contribution in [0, 0.1) is 0 Å². The first kappa shape index (κ1) is 21.0. The number of aromatic nitrogens is 2. The smallest absolute Gasteiger partial charge is 0.336 e. The highest BCUT2D eigenvalue weighted by Crippen LogP contribution is 2.47. The zero-order valence-corrected chi connectivity index (χ0v) is 18.8. The number of aromatic amines is 1.